The molecule has 0 radical (unpaired) electrons. The number of aryl methyl sites for hydroxylation is 2. The number of unbranched alkanes of at least 4 members (excludes halogenated alkanes) is 18. The van der Waals surface area contributed by atoms with Crippen molar-refractivity contribution in [1.29, 1.82) is 0 Å². The number of carbonyl (C=O) groups is 4. The minimum Gasteiger partial charge on any atom is -0.493 e. The molecule has 0 bridgehead atoms. The Hall–Kier alpha value is -8.25. The summed E-state index contributed by atoms with van der Waals surface area (Å²) in [6.45, 7) is 6.11. The van der Waals surface area contributed by atoms with Gasteiger partial charge in [0, 0.05) is 17.2 Å². The van der Waals surface area contributed by atoms with E-state index >= 15 is 0 Å². The number of hydrogen-bond donors (Lipinski definition) is 4. The highest BCUT2D eigenvalue weighted by Gasteiger charge is 2.30. The summed E-state index contributed by atoms with van der Waals surface area (Å²) in [4.78, 5) is 54.5. The molecule has 4 N–H and O–H groups in total. The maximum Gasteiger partial charge on any atom is 0.335 e. The van der Waals surface area contributed by atoms with Crippen LogP contribution in [-0.4, -0.2) is 62.5 Å². The number of benzene rings is 6. The highest BCUT2D eigenvalue weighted by Crippen LogP contribution is 2.47. The van der Waals surface area contributed by atoms with Gasteiger partial charge in [0.2, 0.25) is 0 Å². The Kier molecular flexibility index (Phi) is 22.2. The third-order valence-corrected chi connectivity index (χ3v) is 17.0. The van der Waals surface area contributed by atoms with Crippen molar-refractivity contribution in [3.8, 4) is 73.1 Å². The summed E-state index contributed by atoms with van der Waals surface area (Å²) >= 11 is 0. The molecule has 0 fully saturated rings. The van der Waals surface area contributed by atoms with Crippen molar-refractivity contribution in [1.82, 2.24) is 4.98 Å². The van der Waals surface area contributed by atoms with Gasteiger partial charge in [-0.1, -0.05) is 166 Å². The molecule has 0 aliphatic heterocycles. The fourth-order valence-corrected chi connectivity index (χ4v) is 12.3. The maximum absolute atomic E-state index is 12.2. The Bertz CT molecular complexity index is 3250. The molecule has 0 saturated heterocycles. The minimum absolute atomic E-state index is 0.136. The summed E-state index contributed by atoms with van der Waals surface area (Å²) in [6.07, 6.45) is 27.9. The van der Waals surface area contributed by atoms with Gasteiger partial charge in [-0.25, -0.2) is 24.2 Å². The summed E-state index contributed by atoms with van der Waals surface area (Å²) in [5.41, 5.74) is 11.9. The van der Waals surface area contributed by atoms with Crippen LogP contribution in [0.15, 0.2) is 115 Å². The number of rotatable bonds is 34. The molecular formula is C74H83NO11. The number of aromatic carboxylic acids is 4. The zero-order chi connectivity index (χ0) is 60.4. The van der Waals surface area contributed by atoms with Crippen LogP contribution in [0.3, 0.4) is 0 Å². The molecule has 1 heterocycles. The van der Waals surface area contributed by atoms with E-state index in [0.29, 0.717) is 73.5 Å². The molecule has 0 spiro atoms. The van der Waals surface area contributed by atoms with Gasteiger partial charge in [0.15, 0.2) is 0 Å². The smallest absolute Gasteiger partial charge is 0.335 e. The standard InChI is InChI=1S/C74H83NO11/c1-3-5-7-9-11-13-15-17-19-21-35-84-62-37-49(38-63(47-62)85-36-22-20-18-16-14-12-10-8-6-4-2)48-86-61-31-27-52(28-32-61)68-64-33-29-50-23-25-53(55-39-57(71(76)77)43-58(40-55)72(78)79)45-66(50)69(64)75-70-65(68)34-30-51-24-26-54(46-67(51)70)56-41-59(73(80)81)44-60(42-56)74(82)83/h23-28,31-32,37-47H,3-22,29-30,33-36,48H2,1-2H3,(H,76,77)(H,78,79)(H,80,81)(H,82,83). The average molecular weight is 1160 g/mol. The molecule has 7 aromatic rings. The average Bonchev–Trinajstić information content (AvgIpc) is 0.858. The SMILES string of the molecule is CCCCCCCCCCCCOc1cc(COc2ccc(-c3c4c(nc5c3CCc3ccc(-c6cc(C(=O)O)cc(C(=O)O)c6)cc3-5)-c3cc(-c5cc(C(=O)O)cc(C(=O)O)c5)ccc3CC4)cc2)cc(OCCCCCCCCCCCC)c1. The molecule has 12 nitrogen and oxygen atoms in total. The second kappa shape index (κ2) is 30.7. The predicted molar refractivity (Wildman–Crippen MR) is 340 cm³/mol. The Labute approximate surface area is 506 Å². The fraction of sp³-hybridized carbons (Fsp3) is 0.392. The lowest BCUT2D eigenvalue weighted by Gasteiger charge is -2.29. The molecule has 9 rings (SSSR count). The molecule has 12 heteroatoms. The van der Waals surface area contributed by atoms with Crippen LogP contribution in [0.4, 0.5) is 0 Å². The lowest BCUT2D eigenvalue weighted by Crippen LogP contribution is -2.15. The van der Waals surface area contributed by atoms with Crippen molar-refractivity contribution in [2.24, 2.45) is 0 Å². The third kappa shape index (κ3) is 16.4. The van der Waals surface area contributed by atoms with Crippen molar-refractivity contribution < 1.29 is 53.8 Å². The van der Waals surface area contributed by atoms with Crippen molar-refractivity contribution in [3.63, 3.8) is 0 Å². The first-order chi connectivity index (χ1) is 41.9. The van der Waals surface area contributed by atoms with E-state index in [-0.39, 0.29) is 22.3 Å². The first kappa shape index (κ1) is 62.3. The lowest BCUT2D eigenvalue weighted by molar-refractivity contribution is 0.0676. The minimum atomic E-state index is -1.23. The van der Waals surface area contributed by atoms with E-state index in [1.807, 2.05) is 54.6 Å². The van der Waals surface area contributed by atoms with Crippen molar-refractivity contribution in [3.05, 3.63) is 165 Å². The van der Waals surface area contributed by atoms with Crippen molar-refractivity contribution in [2.75, 3.05) is 13.2 Å². The Morgan fingerprint density at radius 3 is 1.13 bits per heavy atom. The number of carboxylic acids is 4. The zero-order valence-electron chi connectivity index (χ0n) is 50.2. The van der Waals surface area contributed by atoms with Crippen molar-refractivity contribution >= 4 is 23.9 Å². The summed E-state index contributed by atoms with van der Waals surface area (Å²) < 4.78 is 19.4. The van der Waals surface area contributed by atoms with Gasteiger partial charge >= 0.3 is 23.9 Å². The van der Waals surface area contributed by atoms with Gasteiger partial charge in [0.05, 0.1) is 46.9 Å². The molecule has 2 aliphatic carbocycles. The normalized spacial score (nSPS) is 12.2. The molecule has 0 amide bonds. The van der Waals surface area contributed by atoms with Gasteiger partial charge in [-0.2, -0.15) is 0 Å². The summed E-state index contributed by atoms with van der Waals surface area (Å²) in [5.74, 6) is -2.69. The van der Waals surface area contributed by atoms with Gasteiger partial charge in [-0.3, -0.25) is 0 Å². The van der Waals surface area contributed by atoms with Gasteiger partial charge in [0.1, 0.15) is 23.9 Å². The largest absolute Gasteiger partial charge is 0.493 e. The van der Waals surface area contributed by atoms with Crippen LogP contribution >= 0.6 is 0 Å². The summed E-state index contributed by atoms with van der Waals surface area (Å²) in [6, 6.07) is 34.3. The molecule has 450 valence electrons. The van der Waals surface area contributed by atoms with Gasteiger partial charge < -0.3 is 34.6 Å². The van der Waals surface area contributed by atoms with Crippen LogP contribution in [0, 0.1) is 0 Å². The van der Waals surface area contributed by atoms with E-state index in [2.05, 4.69) is 38.1 Å². The maximum atomic E-state index is 12.2. The first-order valence-corrected chi connectivity index (χ1v) is 31.6. The van der Waals surface area contributed by atoms with Crippen LogP contribution in [-0.2, 0) is 32.3 Å². The molecule has 0 atom stereocenters. The molecule has 0 saturated carbocycles. The number of aromatic nitrogens is 1. The number of ether oxygens (including phenoxy) is 3. The van der Waals surface area contributed by atoms with Gasteiger partial charge in [-0.15, -0.1) is 0 Å². The van der Waals surface area contributed by atoms with Crippen LogP contribution in [0.5, 0.6) is 17.2 Å². The number of carboxylic acid groups (broad SMARTS) is 4. The number of hydrogen-bond acceptors (Lipinski definition) is 8. The van der Waals surface area contributed by atoms with Crippen LogP contribution < -0.4 is 14.2 Å². The summed E-state index contributed by atoms with van der Waals surface area (Å²) in [5, 5.41) is 39.9. The topological polar surface area (TPSA) is 190 Å². The second-order valence-electron chi connectivity index (χ2n) is 23.4. The van der Waals surface area contributed by atoms with E-state index in [9.17, 15) is 39.6 Å². The molecule has 0 unspecified atom stereocenters. The number of pyridine rings is 1. The van der Waals surface area contributed by atoms with E-state index < -0.39 is 23.9 Å². The number of fused-ring (bicyclic) bond motifs is 6. The Morgan fingerprint density at radius 1 is 0.372 bits per heavy atom. The van der Waals surface area contributed by atoms with E-state index in [0.717, 1.165) is 111 Å². The van der Waals surface area contributed by atoms with Gasteiger partial charge in [0.25, 0.3) is 0 Å². The number of nitrogens with zero attached hydrogens (tertiary/aromatic N) is 1. The Balaban J connectivity index is 0.998. The van der Waals surface area contributed by atoms with E-state index in [4.69, 9.17) is 19.2 Å². The molecule has 1 aromatic heterocycles. The second-order valence-corrected chi connectivity index (χ2v) is 23.4. The van der Waals surface area contributed by atoms with Crippen LogP contribution in [0.1, 0.15) is 212 Å². The fourth-order valence-electron chi connectivity index (χ4n) is 12.3. The molecule has 2 aliphatic rings. The quantitative estimate of drug-likeness (QED) is 0.0280. The Morgan fingerprint density at radius 2 is 0.744 bits per heavy atom. The monoisotopic (exact) mass is 1160 g/mol. The van der Waals surface area contributed by atoms with Crippen LogP contribution in [0.25, 0.3) is 55.9 Å². The highest BCUT2D eigenvalue weighted by atomic mass is 16.5. The van der Waals surface area contributed by atoms with Crippen LogP contribution in [0.2, 0.25) is 0 Å². The first-order valence-electron chi connectivity index (χ1n) is 31.6. The molecular weight excluding hydrogens is 1080 g/mol. The van der Waals surface area contributed by atoms with Crippen molar-refractivity contribution in [2.45, 2.75) is 175 Å². The lowest BCUT2D eigenvalue weighted by atomic mass is 9.77. The predicted octanol–water partition coefficient (Wildman–Crippen LogP) is 18.6. The third-order valence-electron chi connectivity index (χ3n) is 17.0. The zero-order valence-corrected chi connectivity index (χ0v) is 50.2. The summed E-state index contributed by atoms with van der Waals surface area (Å²) in [7, 11) is 0. The molecule has 86 heavy (non-hydrogen) atoms. The molecule has 6 aromatic carbocycles. The van der Waals surface area contributed by atoms with E-state index in [1.54, 1.807) is 0 Å². The van der Waals surface area contributed by atoms with Gasteiger partial charge in [-0.05, 0) is 173 Å². The van der Waals surface area contributed by atoms with E-state index in [1.165, 1.54) is 127 Å². The highest BCUT2D eigenvalue weighted by molar-refractivity contribution is 5.98.